The zero-order chi connectivity index (χ0) is 17.3. The van der Waals surface area contributed by atoms with Crippen molar-refractivity contribution in [3.05, 3.63) is 22.8 Å². The molecule has 2 saturated heterocycles. The molecule has 1 saturated carbocycles. The Hall–Kier alpha value is -0.680. The van der Waals surface area contributed by atoms with Gasteiger partial charge in [-0.15, -0.1) is 0 Å². The molecule has 3 aliphatic carbocycles. The second-order valence-corrected chi connectivity index (χ2v) is 8.82. The molecule has 2 unspecified atom stereocenters. The molecule has 2 heterocycles. The van der Waals surface area contributed by atoms with Crippen LogP contribution in [0.5, 0.6) is 0 Å². The maximum atomic E-state index is 6.27. The van der Waals surface area contributed by atoms with Crippen LogP contribution in [-0.4, -0.2) is 38.0 Å². The third kappa shape index (κ3) is 1.92. The zero-order valence-corrected chi connectivity index (χ0v) is 15.8. The Kier molecular flexibility index (Phi) is 3.42. The van der Waals surface area contributed by atoms with Gasteiger partial charge in [-0.3, -0.25) is 0 Å². The van der Waals surface area contributed by atoms with E-state index >= 15 is 0 Å². The number of ether oxygens (including phenoxy) is 4. The summed E-state index contributed by atoms with van der Waals surface area (Å²) in [6, 6.07) is 0. The van der Waals surface area contributed by atoms with Gasteiger partial charge in [0.1, 0.15) is 0 Å². The molecule has 5 aliphatic rings. The molecule has 2 atom stereocenters. The van der Waals surface area contributed by atoms with Gasteiger partial charge in [0.2, 0.25) is 0 Å². The van der Waals surface area contributed by atoms with Crippen molar-refractivity contribution in [3.8, 4) is 0 Å². The summed E-state index contributed by atoms with van der Waals surface area (Å²) in [4.78, 5) is 0. The summed E-state index contributed by atoms with van der Waals surface area (Å²) in [5, 5.41) is 0. The fraction of sp³-hybridized carbons (Fsp3) is 0.810. The van der Waals surface area contributed by atoms with Crippen molar-refractivity contribution in [1.29, 1.82) is 0 Å². The van der Waals surface area contributed by atoms with E-state index in [1.807, 2.05) is 0 Å². The van der Waals surface area contributed by atoms with Crippen molar-refractivity contribution < 1.29 is 18.9 Å². The zero-order valence-electron chi connectivity index (χ0n) is 15.8. The minimum absolute atomic E-state index is 0.0256. The first kappa shape index (κ1) is 16.5. The standard InChI is InChI=1S/C21H30O4/c1-15-16-6-8-19(3)17(5-4-7-21(19)24-13-14-25-21)18(16,2)9-10-20(15)22-11-12-23-20/h5H,4,6-14H2,1-3H3. The normalized spacial score (nSPS) is 41.8. The van der Waals surface area contributed by atoms with Crippen LogP contribution in [0.4, 0.5) is 0 Å². The van der Waals surface area contributed by atoms with Gasteiger partial charge in [0.25, 0.3) is 0 Å². The molecule has 2 aliphatic heterocycles. The second kappa shape index (κ2) is 5.19. The quantitative estimate of drug-likeness (QED) is 0.619. The van der Waals surface area contributed by atoms with E-state index < -0.39 is 11.6 Å². The van der Waals surface area contributed by atoms with E-state index in [4.69, 9.17) is 18.9 Å². The Morgan fingerprint density at radius 2 is 1.52 bits per heavy atom. The highest BCUT2D eigenvalue weighted by atomic mass is 16.7. The lowest BCUT2D eigenvalue weighted by Gasteiger charge is -2.59. The topological polar surface area (TPSA) is 36.9 Å². The first-order valence-corrected chi connectivity index (χ1v) is 9.94. The van der Waals surface area contributed by atoms with Crippen LogP contribution in [0.15, 0.2) is 22.8 Å². The summed E-state index contributed by atoms with van der Waals surface area (Å²) in [6.07, 6.45) is 8.72. The Balaban J connectivity index is 1.61. The van der Waals surface area contributed by atoms with Crippen LogP contribution >= 0.6 is 0 Å². The highest BCUT2D eigenvalue weighted by Crippen LogP contribution is 2.66. The third-order valence-corrected chi connectivity index (χ3v) is 7.88. The van der Waals surface area contributed by atoms with Crippen molar-refractivity contribution in [2.75, 3.05) is 26.4 Å². The Morgan fingerprint density at radius 1 is 0.840 bits per heavy atom. The van der Waals surface area contributed by atoms with E-state index in [9.17, 15) is 0 Å². The van der Waals surface area contributed by atoms with Crippen LogP contribution in [0, 0.1) is 10.8 Å². The summed E-state index contributed by atoms with van der Waals surface area (Å²) >= 11 is 0. The van der Waals surface area contributed by atoms with Crippen molar-refractivity contribution >= 4 is 0 Å². The highest BCUT2D eigenvalue weighted by Gasteiger charge is 2.63. The van der Waals surface area contributed by atoms with E-state index in [1.54, 1.807) is 11.1 Å². The molecule has 138 valence electrons. The number of hydrogen-bond donors (Lipinski definition) is 0. The molecule has 0 aromatic carbocycles. The first-order valence-electron chi connectivity index (χ1n) is 9.94. The Morgan fingerprint density at radius 3 is 2.24 bits per heavy atom. The molecule has 2 spiro atoms. The molecule has 0 aromatic rings. The maximum absolute atomic E-state index is 6.27. The predicted molar refractivity (Wildman–Crippen MR) is 94.0 cm³/mol. The molecule has 3 fully saturated rings. The fourth-order valence-corrected chi connectivity index (χ4v) is 6.54. The van der Waals surface area contributed by atoms with Gasteiger partial charge in [0.05, 0.1) is 26.4 Å². The van der Waals surface area contributed by atoms with Gasteiger partial charge in [0, 0.05) is 23.7 Å². The second-order valence-electron chi connectivity index (χ2n) is 8.82. The largest absolute Gasteiger partial charge is 0.347 e. The summed E-state index contributed by atoms with van der Waals surface area (Å²) in [5.41, 5.74) is 4.47. The van der Waals surface area contributed by atoms with Gasteiger partial charge >= 0.3 is 0 Å². The lowest BCUT2D eigenvalue weighted by Crippen LogP contribution is -2.57. The number of hydrogen-bond acceptors (Lipinski definition) is 4. The van der Waals surface area contributed by atoms with E-state index in [2.05, 4.69) is 26.8 Å². The molecule has 0 radical (unpaired) electrons. The van der Waals surface area contributed by atoms with Gasteiger partial charge in [-0.2, -0.15) is 0 Å². The minimum Gasteiger partial charge on any atom is -0.347 e. The maximum Gasteiger partial charge on any atom is 0.190 e. The summed E-state index contributed by atoms with van der Waals surface area (Å²) in [6.45, 7) is 9.94. The van der Waals surface area contributed by atoms with Crippen LogP contribution in [0.25, 0.3) is 0 Å². The van der Waals surface area contributed by atoms with E-state index in [0.717, 1.165) is 51.7 Å². The number of rotatable bonds is 0. The van der Waals surface area contributed by atoms with Gasteiger partial charge in [-0.25, -0.2) is 0 Å². The van der Waals surface area contributed by atoms with Crippen LogP contribution in [0.1, 0.15) is 59.3 Å². The van der Waals surface area contributed by atoms with Crippen molar-refractivity contribution in [3.63, 3.8) is 0 Å². The number of allylic oxidation sites excluding steroid dienone is 2. The molecular formula is C21H30O4. The van der Waals surface area contributed by atoms with Crippen LogP contribution < -0.4 is 0 Å². The molecule has 5 rings (SSSR count). The molecule has 0 aromatic heterocycles. The highest BCUT2D eigenvalue weighted by molar-refractivity contribution is 5.45. The van der Waals surface area contributed by atoms with E-state index in [-0.39, 0.29) is 10.8 Å². The Labute approximate surface area is 150 Å². The molecule has 4 heteroatoms. The third-order valence-electron chi connectivity index (χ3n) is 7.88. The summed E-state index contributed by atoms with van der Waals surface area (Å²) in [7, 11) is 0. The van der Waals surface area contributed by atoms with Crippen molar-refractivity contribution in [2.24, 2.45) is 10.8 Å². The average Bonchev–Trinajstić information content (AvgIpc) is 3.25. The van der Waals surface area contributed by atoms with Gasteiger partial charge in [-0.05, 0) is 38.2 Å². The minimum atomic E-state index is -0.449. The number of fused-ring (bicyclic) bond motifs is 4. The van der Waals surface area contributed by atoms with E-state index in [0.29, 0.717) is 13.2 Å². The lowest BCUT2D eigenvalue weighted by atomic mass is 9.49. The average molecular weight is 346 g/mol. The van der Waals surface area contributed by atoms with Gasteiger partial charge in [-0.1, -0.05) is 31.1 Å². The van der Waals surface area contributed by atoms with Crippen molar-refractivity contribution in [2.45, 2.75) is 70.9 Å². The first-order chi connectivity index (χ1) is 12.0. The predicted octanol–water partition coefficient (Wildman–Crippen LogP) is 4.11. The molecule has 0 bridgehead atoms. The SMILES string of the molecule is CC1=C2CCC3(C)C(=CCCC34OCCO4)C2(C)CCC12OCCO2. The molecule has 4 nitrogen and oxygen atoms in total. The summed E-state index contributed by atoms with van der Waals surface area (Å²) < 4.78 is 24.7. The van der Waals surface area contributed by atoms with Crippen molar-refractivity contribution in [1.82, 2.24) is 0 Å². The fourth-order valence-electron chi connectivity index (χ4n) is 6.54. The lowest BCUT2D eigenvalue weighted by molar-refractivity contribution is -0.238. The molecule has 25 heavy (non-hydrogen) atoms. The van der Waals surface area contributed by atoms with Crippen LogP contribution in [-0.2, 0) is 18.9 Å². The molecule has 0 N–H and O–H groups in total. The molecular weight excluding hydrogens is 316 g/mol. The summed E-state index contributed by atoms with van der Waals surface area (Å²) in [5.74, 6) is -0.856. The van der Waals surface area contributed by atoms with Gasteiger partial charge < -0.3 is 18.9 Å². The van der Waals surface area contributed by atoms with Crippen LogP contribution in [0.2, 0.25) is 0 Å². The van der Waals surface area contributed by atoms with Crippen LogP contribution in [0.3, 0.4) is 0 Å². The molecule has 0 amide bonds. The monoisotopic (exact) mass is 346 g/mol. The smallest absolute Gasteiger partial charge is 0.190 e. The van der Waals surface area contributed by atoms with Gasteiger partial charge in [0.15, 0.2) is 11.6 Å². The van der Waals surface area contributed by atoms with E-state index in [1.165, 1.54) is 5.57 Å². The Bertz CT molecular complexity index is 651.